The van der Waals surface area contributed by atoms with Gasteiger partial charge in [-0.05, 0) is 23.8 Å². The summed E-state index contributed by atoms with van der Waals surface area (Å²) < 4.78 is 38.5. The topological polar surface area (TPSA) is 56.7 Å². The Kier molecular flexibility index (Phi) is 5.76. The Morgan fingerprint density at radius 1 is 1.04 bits per heavy atom. The average molecular weight is 379 g/mol. The van der Waals surface area contributed by atoms with Crippen LogP contribution in [0.5, 0.6) is 0 Å². The molecular weight excluding hydrogens is 359 g/mol. The molecule has 3 rings (SSSR count). The first kappa shape index (κ1) is 19.3. The highest BCUT2D eigenvalue weighted by Crippen LogP contribution is 2.29. The van der Waals surface area contributed by atoms with Crippen LogP contribution in [-0.2, 0) is 19.3 Å². The molecule has 0 amide bonds. The summed E-state index contributed by atoms with van der Waals surface area (Å²) in [6, 6.07) is 8.46. The van der Waals surface area contributed by atoms with Gasteiger partial charge in [0.25, 0.3) is 0 Å². The molecule has 0 saturated carbocycles. The first-order valence-electron chi connectivity index (χ1n) is 8.60. The Morgan fingerprint density at radius 2 is 1.70 bits per heavy atom. The largest absolute Gasteiger partial charge is 0.478 e. The zero-order chi connectivity index (χ0) is 19.4. The van der Waals surface area contributed by atoms with Crippen LogP contribution >= 0.6 is 0 Å². The van der Waals surface area contributed by atoms with E-state index >= 15 is 0 Å². The van der Waals surface area contributed by atoms with Crippen molar-refractivity contribution in [3.05, 3.63) is 65.0 Å². The highest BCUT2D eigenvalue weighted by Gasteiger charge is 2.30. The Balaban J connectivity index is 1.53. The van der Waals surface area contributed by atoms with Crippen LogP contribution in [0, 0.1) is 0 Å². The third-order valence-corrected chi connectivity index (χ3v) is 4.57. The number of aromatic nitrogens is 1. The molecule has 1 aliphatic heterocycles. The minimum Gasteiger partial charge on any atom is -0.478 e. The number of pyridine rings is 1. The number of carbonyl (C=O) groups is 1. The first-order valence-corrected chi connectivity index (χ1v) is 8.60. The first-order chi connectivity index (χ1) is 12.8. The Labute approximate surface area is 155 Å². The lowest BCUT2D eigenvalue weighted by Gasteiger charge is -2.34. The van der Waals surface area contributed by atoms with E-state index in [1.54, 1.807) is 12.1 Å². The van der Waals surface area contributed by atoms with Crippen molar-refractivity contribution in [3.8, 4) is 0 Å². The van der Waals surface area contributed by atoms with Gasteiger partial charge in [-0.25, -0.2) is 4.79 Å². The van der Waals surface area contributed by atoms with Crippen LogP contribution in [0.25, 0.3) is 0 Å². The van der Waals surface area contributed by atoms with E-state index in [9.17, 15) is 18.0 Å². The smallest absolute Gasteiger partial charge is 0.416 e. The van der Waals surface area contributed by atoms with E-state index in [4.69, 9.17) is 5.11 Å². The number of hydrogen-bond donors (Lipinski definition) is 1. The number of alkyl halides is 3. The van der Waals surface area contributed by atoms with Crippen molar-refractivity contribution in [2.24, 2.45) is 0 Å². The maximum Gasteiger partial charge on any atom is 0.416 e. The Morgan fingerprint density at radius 3 is 2.33 bits per heavy atom. The number of halogens is 3. The third-order valence-electron chi connectivity index (χ3n) is 4.57. The molecule has 1 aromatic heterocycles. The second-order valence-electron chi connectivity index (χ2n) is 6.59. The fraction of sp³-hybridized carbons (Fsp3) is 0.368. The molecule has 2 heterocycles. The van der Waals surface area contributed by atoms with Gasteiger partial charge in [0.15, 0.2) is 0 Å². The van der Waals surface area contributed by atoms with Crippen molar-refractivity contribution in [1.29, 1.82) is 0 Å². The number of nitrogens with zero attached hydrogens (tertiary/aromatic N) is 3. The van der Waals surface area contributed by atoms with Crippen LogP contribution < -0.4 is 0 Å². The van der Waals surface area contributed by atoms with E-state index in [-0.39, 0.29) is 5.56 Å². The molecule has 1 aromatic carbocycles. The minimum absolute atomic E-state index is 0.211. The second kappa shape index (κ2) is 8.06. The molecule has 2 aromatic rings. The molecule has 144 valence electrons. The van der Waals surface area contributed by atoms with Crippen LogP contribution in [0.2, 0.25) is 0 Å². The van der Waals surface area contributed by atoms with Crippen molar-refractivity contribution in [2.45, 2.75) is 19.3 Å². The standard InChI is InChI=1S/C19H20F3N3O2/c20-19(21,22)16-3-1-2-14(10-16)12-24-6-8-25(9-7-24)13-17-11-15(18(26)27)4-5-23-17/h1-5,10-11H,6-9,12-13H2,(H,26,27). The third kappa shape index (κ3) is 5.27. The van der Waals surface area contributed by atoms with E-state index in [2.05, 4.69) is 14.8 Å². The number of piperazine rings is 1. The van der Waals surface area contributed by atoms with E-state index in [1.807, 2.05) is 0 Å². The average Bonchev–Trinajstić information content (AvgIpc) is 2.63. The van der Waals surface area contributed by atoms with Gasteiger partial charge >= 0.3 is 12.1 Å². The predicted octanol–water partition coefficient (Wildman–Crippen LogP) is 3.12. The molecular formula is C19H20F3N3O2. The summed E-state index contributed by atoms with van der Waals surface area (Å²) in [5, 5.41) is 9.04. The summed E-state index contributed by atoms with van der Waals surface area (Å²) in [7, 11) is 0. The summed E-state index contributed by atoms with van der Waals surface area (Å²) in [6.45, 7) is 3.99. The van der Waals surface area contributed by atoms with Gasteiger partial charge in [-0.1, -0.05) is 18.2 Å². The normalized spacial score (nSPS) is 16.4. The summed E-state index contributed by atoms with van der Waals surface area (Å²) in [6.07, 6.45) is -2.84. The molecule has 0 bridgehead atoms. The van der Waals surface area contributed by atoms with Crippen LogP contribution in [-0.4, -0.2) is 52.0 Å². The van der Waals surface area contributed by atoms with Crippen LogP contribution in [0.1, 0.15) is 27.2 Å². The van der Waals surface area contributed by atoms with Crippen molar-refractivity contribution >= 4 is 5.97 Å². The van der Waals surface area contributed by atoms with Crippen LogP contribution in [0.4, 0.5) is 13.2 Å². The Bertz CT molecular complexity index is 803. The molecule has 1 fully saturated rings. The van der Waals surface area contributed by atoms with Crippen molar-refractivity contribution in [1.82, 2.24) is 14.8 Å². The van der Waals surface area contributed by atoms with Gasteiger partial charge in [0.05, 0.1) is 16.8 Å². The van der Waals surface area contributed by atoms with Gasteiger partial charge in [-0.2, -0.15) is 13.2 Å². The fourth-order valence-corrected chi connectivity index (χ4v) is 3.14. The molecule has 0 spiro atoms. The van der Waals surface area contributed by atoms with Gasteiger partial charge in [-0.15, -0.1) is 0 Å². The highest BCUT2D eigenvalue weighted by atomic mass is 19.4. The number of aromatic carboxylic acids is 1. The van der Waals surface area contributed by atoms with Crippen LogP contribution in [0.15, 0.2) is 42.6 Å². The fourth-order valence-electron chi connectivity index (χ4n) is 3.14. The molecule has 27 heavy (non-hydrogen) atoms. The molecule has 0 radical (unpaired) electrons. The molecule has 0 aliphatic carbocycles. The van der Waals surface area contributed by atoms with Crippen molar-refractivity contribution in [2.75, 3.05) is 26.2 Å². The monoisotopic (exact) mass is 379 g/mol. The van der Waals surface area contributed by atoms with Gasteiger partial charge in [0.2, 0.25) is 0 Å². The van der Waals surface area contributed by atoms with Crippen molar-refractivity contribution in [3.63, 3.8) is 0 Å². The van der Waals surface area contributed by atoms with E-state index in [0.29, 0.717) is 24.3 Å². The highest BCUT2D eigenvalue weighted by molar-refractivity contribution is 5.87. The quantitative estimate of drug-likeness (QED) is 0.865. The number of benzene rings is 1. The van der Waals surface area contributed by atoms with Gasteiger partial charge < -0.3 is 5.11 Å². The van der Waals surface area contributed by atoms with E-state index in [1.165, 1.54) is 24.4 Å². The summed E-state index contributed by atoms with van der Waals surface area (Å²) in [5.74, 6) is -0.982. The molecule has 0 unspecified atom stereocenters. The lowest BCUT2D eigenvalue weighted by Crippen LogP contribution is -2.45. The number of carboxylic acid groups (broad SMARTS) is 1. The SMILES string of the molecule is O=C(O)c1ccnc(CN2CCN(Cc3cccc(C(F)(F)F)c3)CC2)c1. The van der Waals surface area contributed by atoms with Gasteiger partial charge in [0.1, 0.15) is 0 Å². The maximum atomic E-state index is 12.8. The zero-order valence-electron chi connectivity index (χ0n) is 14.6. The number of rotatable bonds is 5. The molecule has 1 aliphatic rings. The molecule has 8 heteroatoms. The van der Waals surface area contributed by atoms with E-state index < -0.39 is 17.7 Å². The molecule has 1 N–H and O–H groups in total. The summed E-state index contributed by atoms with van der Waals surface area (Å²) in [4.78, 5) is 19.5. The lowest BCUT2D eigenvalue weighted by molar-refractivity contribution is -0.137. The van der Waals surface area contributed by atoms with Gasteiger partial charge in [0, 0.05) is 45.5 Å². The summed E-state index contributed by atoms with van der Waals surface area (Å²) in [5.41, 5.74) is 0.932. The summed E-state index contributed by atoms with van der Waals surface area (Å²) >= 11 is 0. The molecule has 5 nitrogen and oxygen atoms in total. The lowest BCUT2D eigenvalue weighted by atomic mass is 10.1. The van der Waals surface area contributed by atoms with Gasteiger partial charge in [-0.3, -0.25) is 14.8 Å². The molecule has 0 atom stereocenters. The Hall–Kier alpha value is -2.45. The van der Waals surface area contributed by atoms with Crippen molar-refractivity contribution < 1.29 is 23.1 Å². The zero-order valence-corrected chi connectivity index (χ0v) is 14.6. The second-order valence-corrected chi connectivity index (χ2v) is 6.59. The molecule has 1 saturated heterocycles. The minimum atomic E-state index is -4.33. The predicted molar refractivity (Wildman–Crippen MR) is 93.2 cm³/mol. The van der Waals surface area contributed by atoms with E-state index in [0.717, 1.165) is 32.2 Å². The number of hydrogen-bond acceptors (Lipinski definition) is 4. The maximum absolute atomic E-state index is 12.8. The number of carboxylic acids is 1. The van der Waals surface area contributed by atoms with Crippen LogP contribution in [0.3, 0.4) is 0 Å².